The van der Waals surface area contributed by atoms with Crippen LogP contribution in [0.2, 0.25) is 0 Å². The molecule has 0 aliphatic rings. The maximum absolute atomic E-state index is 12.6. The van der Waals surface area contributed by atoms with E-state index in [2.05, 4.69) is 79.0 Å². The molecule has 5 aromatic carbocycles. The molecular formula is C27H23NO. The van der Waals surface area contributed by atoms with Gasteiger partial charge in [0.1, 0.15) is 0 Å². The Kier molecular flexibility index (Phi) is 4.40. The SMILES string of the molecule is CC(Cc1ccccc1)NC(=O)Cc1cc2ccc3cccc4ccc(c1)c2c34. The van der Waals surface area contributed by atoms with E-state index in [0.717, 1.165) is 12.0 Å². The van der Waals surface area contributed by atoms with Gasteiger partial charge in [0.15, 0.2) is 0 Å². The van der Waals surface area contributed by atoms with Crippen molar-refractivity contribution in [1.29, 1.82) is 0 Å². The molecule has 0 saturated carbocycles. The van der Waals surface area contributed by atoms with E-state index in [9.17, 15) is 4.79 Å². The van der Waals surface area contributed by atoms with Gasteiger partial charge in [0.05, 0.1) is 6.42 Å². The lowest BCUT2D eigenvalue weighted by atomic mass is 9.92. The molecule has 1 amide bonds. The normalized spacial score (nSPS) is 12.6. The second-order valence-corrected chi connectivity index (χ2v) is 7.96. The van der Waals surface area contributed by atoms with E-state index in [1.807, 2.05) is 18.2 Å². The Balaban J connectivity index is 1.39. The number of hydrogen-bond acceptors (Lipinski definition) is 1. The van der Waals surface area contributed by atoms with Crippen LogP contribution in [-0.2, 0) is 17.6 Å². The average molecular weight is 377 g/mol. The fraction of sp³-hybridized carbons (Fsp3) is 0.148. The summed E-state index contributed by atoms with van der Waals surface area (Å²) in [5.74, 6) is 0.0706. The van der Waals surface area contributed by atoms with Crippen molar-refractivity contribution in [2.45, 2.75) is 25.8 Å². The van der Waals surface area contributed by atoms with Crippen molar-refractivity contribution in [2.75, 3.05) is 0 Å². The van der Waals surface area contributed by atoms with Crippen molar-refractivity contribution in [3.05, 3.63) is 96.1 Å². The molecule has 5 rings (SSSR count). The van der Waals surface area contributed by atoms with Gasteiger partial charge in [0, 0.05) is 6.04 Å². The van der Waals surface area contributed by atoms with Gasteiger partial charge in [0.2, 0.25) is 5.91 Å². The molecule has 0 spiro atoms. The number of rotatable bonds is 5. The Morgan fingerprint density at radius 1 is 0.724 bits per heavy atom. The summed E-state index contributed by atoms with van der Waals surface area (Å²) >= 11 is 0. The van der Waals surface area contributed by atoms with E-state index >= 15 is 0 Å². The van der Waals surface area contributed by atoms with Crippen LogP contribution in [-0.4, -0.2) is 11.9 Å². The summed E-state index contributed by atoms with van der Waals surface area (Å²) in [4.78, 5) is 12.6. The lowest BCUT2D eigenvalue weighted by Gasteiger charge is -2.15. The molecule has 0 aliphatic heterocycles. The average Bonchev–Trinajstić information content (AvgIpc) is 2.72. The highest BCUT2D eigenvalue weighted by Gasteiger charge is 2.12. The van der Waals surface area contributed by atoms with Crippen LogP contribution in [0, 0.1) is 0 Å². The monoisotopic (exact) mass is 377 g/mol. The van der Waals surface area contributed by atoms with E-state index in [1.165, 1.54) is 37.9 Å². The second-order valence-electron chi connectivity index (χ2n) is 7.96. The molecule has 2 heteroatoms. The number of hydrogen-bond donors (Lipinski definition) is 1. The lowest BCUT2D eigenvalue weighted by Crippen LogP contribution is -2.35. The highest BCUT2D eigenvalue weighted by Crippen LogP contribution is 2.35. The minimum absolute atomic E-state index is 0.0706. The van der Waals surface area contributed by atoms with Crippen LogP contribution in [0.15, 0.2) is 84.9 Å². The molecule has 29 heavy (non-hydrogen) atoms. The highest BCUT2D eigenvalue weighted by molar-refractivity contribution is 6.23. The van der Waals surface area contributed by atoms with Crippen LogP contribution in [0.5, 0.6) is 0 Å². The van der Waals surface area contributed by atoms with E-state index < -0.39 is 0 Å². The number of carbonyl (C=O) groups is 1. The molecule has 142 valence electrons. The second kappa shape index (κ2) is 7.21. The van der Waals surface area contributed by atoms with E-state index in [0.29, 0.717) is 6.42 Å². The quantitative estimate of drug-likeness (QED) is 0.381. The van der Waals surface area contributed by atoms with Gasteiger partial charge in [-0.3, -0.25) is 4.79 Å². The van der Waals surface area contributed by atoms with Crippen LogP contribution in [0.3, 0.4) is 0 Å². The molecule has 0 aromatic heterocycles. The third-order valence-electron chi connectivity index (χ3n) is 5.68. The van der Waals surface area contributed by atoms with E-state index in [1.54, 1.807) is 0 Å². The molecule has 1 unspecified atom stereocenters. The first-order chi connectivity index (χ1) is 14.2. The van der Waals surface area contributed by atoms with Crippen LogP contribution in [0.1, 0.15) is 18.1 Å². The smallest absolute Gasteiger partial charge is 0.224 e. The van der Waals surface area contributed by atoms with Crippen molar-refractivity contribution >= 4 is 38.2 Å². The fourth-order valence-electron chi connectivity index (χ4n) is 4.45. The lowest BCUT2D eigenvalue weighted by molar-refractivity contribution is -0.121. The van der Waals surface area contributed by atoms with Crippen LogP contribution < -0.4 is 5.32 Å². The zero-order valence-corrected chi connectivity index (χ0v) is 16.5. The number of nitrogens with one attached hydrogen (secondary N) is 1. The summed E-state index contributed by atoms with van der Waals surface area (Å²) in [5, 5.41) is 10.7. The topological polar surface area (TPSA) is 29.1 Å². The first kappa shape index (κ1) is 17.7. The summed E-state index contributed by atoms with van der Waals surface area (Å²) in [6.07, 6.45) is 1.24. The summed E-state index contributed by atoms with van der Waals surface area (Å²) in [7, 11) is 0. The highest BCUT2D eigenvalue weighted by atomic mass is 16.1. The maximum Gasteiger partial charge on any atom is 0.224 e. The zero-order valence-electron chi connectivity index (χ0n) is 16.5. The third kappa shape index (κ3) is 3.42. The van der Waals surface area contributed by atoms with Crippen molar-refractivity contribution in [3.63, 3.8) is 0 Å². The maximum atomic E-state index is 12.6. The summed E-state index contributed by atoms with van der Waals surface area (Å²) in [6.45, 7) is 2.06. The minimum Gasteiger partial charge on any atom is -0.353 e. The van der Waals surface area contributed by atoms with Gasteiger partial charge in [-0.25, -0.2) is 0 Å². The van der Waals surface area contributed by atoms with Gasteiger partial charge in [-0.2, -0.15) is 0 Å². The molecule has 0 fully saturated rings. The Morgan fingerprint density at radius 3 is 1.97 bits per heavy atom. The van der Waals surface area contributed by atoms with E-state index in [4.69, 9.17) is 0 Å². The van der Waals surface area contributed by atoms with Gasteiger partial charge >= 0.3 is 0 Å². The molecule has 0 radical (unpaired) electrons. The molecule has 0 aliphatic carbocycles. The Bertz CT molecular complexity index is 1240. The molecule has 5 aromatic rings. The Morgan fingerprint density at radius 2 is 1.31 bits per heavy atom. The number of amides is 1. The predicted octanol–water partition coefficient (Wildman–Crippen LogP) is 5.87. The van der Waals surface area contributed by atoms with Crippen LogP contribution in [0.4, 0.5) is 0 Å². The molecule has 0 bridgehead atoms. The van der Waals surface area contributed by atoms with Gasteiger partial charge in [-0.1, -0.05) is 84.9 Å². The van der Waals surface area contributed by atoms with Crippen LogP contribution >= 0.6 is 0 Å². The summed E-state index contributed by atoms with van der Waals surface area (Å²) in [6, 6.07) is 29.8. The number of benzene rings is 5. The fourth-order valence-corrected chi connectivity index (χ4v) is 4.45. The molecular weight excluding hydrogens is 354 g/mol. The van der Waals surface area contributed by atoms with Crippen molar-refractivity contribution < 1.29 is 4.79 Å². The van der Waals surface area contributed by atoms with Crippen molar-refractivity contribution in [3.8, 4) is 0 Å². The van der Waals surface area contributed by atoms with Gasteiger partial charge < -0.3 is 5.32 Å². The summed E-state index contributed by atoms with van der Waals surface area (Å²) < 4.78 is 0. The first-order valence-electron chi connectivity index (χ1n) is 10.2. The number of carbonyl (C=O) groups excluding carboxylic acids is 1. The molecule has 0 heterocycles. The van der Waals surface area contributed by atoms with Crippen molar-refractivity contribution in [2.24, 2.45) is 0 Å². The van der Waals surface area contributed by atoms with Gasteiger partial charge in [-0.15, -0.1) is 0 Å². The minimum atomic E-state index is 0.0706. The molecule has 1 N–H and O–H groups in total. The van der Waals surface area contributed by atoms with Crippen LogP contribution in [0.25, 0.3) is 32.3 Å². The van der Waals surface area contributed by atoms with Gasteiger partial charge in [0.25, 0.3) is 0 Å². The Labute approximate surface area is 170 Å². The largest absolute Gasteiger partial charge is 0.353 e. The van der Waals surface area contributed by atoms with Gasteiger partial charge in [-0.05, 0) is 56.8 Å². The Hall–Kier alpha value is -3.39. The third-order valence-corrected chi connectivity index (χ3v) is 5.68. The summed E-state index contributed by atoms with van der Waals surface area (Å²) in [5.41, 5.74) is 2.29. The molecule has 1 atom stereocenters. The zero-order chi connectivity index (χ0) is 19.8. The van der Waals surface area contributed by atoms with E-state index in [-0.39, 0.29) is 11.9 Å². The molecule has 0 saturated heterocycles. The van der Waals surface area contributed by atoms with Crippen molar-refractivity contribution in [1.82, 2.24) is 5.32 Å². The molecule has 2 nitrogen and oxygen atoms in total. The first-order valence-corrected chi connectivity index (χ1v) is 10.2. The standard InChI is InChI=1S/C27H23NO/c1-18(14-19-6-3-2-4-7-19)28-25(29)17-20-15-23-12-10-21-8-5-9-22-11-13-24(16-20)27(23)26(21)22/h2-13,15-16,18H,14,17H2,1H3,(H,28,29). The predicted molar refractivity (Wildman–Crippen MR) is 122 cm³/mol.